The standard InChI is InChI=1S/C23H23NO6/c1-13(2)21(27)19-20(15-6-10-17(30-3)11-7-15)24(23(29)22(19)28)16-8-4-14(5-9-16)12-18(25)26/h4-11,13,20,28H,12H2,1-3H3,(H,25,26). The van der Waals surface area contributed by atoms with Crippen LogP contribution in [0.1, 0.15) is 31.0 Å². The number of methoxy groups -OCH3 is 1. The minimum Gasteiger partial charge on any atom is -0.503 e. The summed E-state index contributed by atoms with van der Waals surface area (Å²) < 4.78 is 5.19. The van der Waals surface area contributed by atoms with Crippen molar-refractivity contribution in [3.05, 3.63) is 71.0 Å². The second-order valence-corrected chi connectivity index (χ2v) is 7.37. The molecule has 2 aromatic carbocycles. The van der Waals surface area contributed by atoms with Crippen LogP contribution in [0, 0.1) is 5.92 Å². The number of Topliss-reactive ketones (excluding diaryl/α,β-unsaturated/α-hetero) is 1. The number of hydrogen-bond donors (Lipinski definition) is 2. The van der Waals surface area contributed by atoms with Gasteiger partial charge in [0.15, 0.2) is 11.5 Å². The van der Waals surface area contributed by atoms with Crippen LogP contribution in [0.25, 0.3) is 0 Å². The van der Waals surface area contributed by atoms with Gasteiger partial charge in [-0.2, -0.15) is 0 Å². The van der Waals surface area contributed by atoms with Crippen molar-refractivity contribution in [3.8, 4) is 5.75 Å². The summed E-state index contributed by atoms with van der Waals surface area (Å²) in [6.45, 7) is 3.42. The Hall–Kier alpha value is -3.61. The van der Waals surface area contributed by atoms with Crippen LogP contribution in [0.15, 0.2) is 59.9 Å². The molecule has 7 nitrogen and oxygen atoms in total. The average molecular weight is 409 g/mol. The van der Waals surface area contributed by atoms with Gasteiger partial charge in [-0.15, -0.1) is 0 Å². The number of ether oxygens (including phenoxy) is 1. The quantitative estimate of drug-likeness (QED) is 0.726. The lowest BCUT2D eigenvalue weighted by atomic mass is 9.91. The fourth-order valence-electron chi connectivity index (χ4n) is 3.48. The number of ketones is 1. The number of anilines is 1. The molecule has 7 heteroatoms. The SMILES string of the molecule is COc1ccc(C2C(C(=O)C(C)C)=C(O)C(=O)N2c2ccc(CC(=O)O)cc2)cc1. The number of carboxylic acids is 1. The van der Waals surface area contributed by atoms with E-state index in [1.807, 2.05) is 0 Å². The van der Waals surface area contributed by atoms with E-state index in [-0.39, 0.29) is 17.8 Å². The number of hydrogen-bond acceptors (Lipinski definition) is 5. The highest BCUT2D eigenvalue weighted by Gasteiger charge is 2.44. The molecule has 1 aliphatic heterocycles. The molecular formula is C23H23NO6. The van der Waals surface area contributed by atoms with E-state index in [9.17, 15) is 19.5 Å². The summed E-state index contributed by atoms with van der Waals surface area (Å²) in [5.41, 5.74) is 1.73. The number of carboxylic acid groups (broad SMARTS) is 1. The second-order valence-electron chi connectivity index (χ2n) is 7.37. The number of aliphatic hydroxyl groups excluding tert-OH is 1. The van der Waals surface area contributed by atoms with Crippen LogP contribution in [-0.4, -0.2) is 35.0 Å². The first kappa shape index (κ1) is 21.1. The Morgan fingerprint density at radius 1 is 1.07 bits per heavy atom. The molecule has 1 heterocycles. The average Bonchev–Trinajstić information content (AvgIpc) is 2.98. The molecule has 1 atom stereocenters. The van der Waals surface area contributed by atoms with Crippen LogP contribution in [0.3, 0.4) is 0 Å². The molecule has 156 valence electrons. The number of carbonyl (C=O) groups is 3. The highest BCUT2D eigenvalue weighted by Crippen LogP contribution is 2.42. The summed E-state index contributed by atoms with van der Waals surface area (Å²) >= 11 is 0. The summed E-state index contributed by atoms with van der Waals surface area (Å²) in [6.07, 6.45) is -0.142. The summed E-state index contributed by atoms with van der Waals surface area (Å²) in [4.78, 5) is 38.1. The first-order valence-corrected chi connectivity index (χ1v) is 9.50. The van der Waals surface area contributed by atoms with E-state index in [4.69, 9.17) is 9.84 Å². The van der Waals surface area contributed by atoms with Crippen molar-refractivity contribution in [2.75, 3.05) is 12.0 Å². The smallest absolute Gasteiger partial charge is 0.307 e. The third-order valence-electron chi connectivity index (χ3n) is 5.00. The molecule has 0 bridgehead atoms. The summed E-state index contributed by atoms with van der Waals surface area (Å²) in [6, 6.07) is 12.6. The van der Waals surface area contributed by atoms with E-state index in [1.165, 1.54) is 4.90 Å². The zero-order valence-corrected chi connectivity index (χ0v) is 17.0. The predicted molar refractivity (Wildman–Crippen MR) is 111 cm³/mol. The lowest BCUT2D eigenvalue weighted by Crippen LogP contribution is -2.31. The second kappa shape index (κ2) is 8.41. The molecule has 0 aromatic heterocycles. The molecule has 1 unspecified atom stereocenters. The molecule has 0 spiro atoms. The molecule has 2 N–H and O–H groups in total. The molecule has 3 rings (SSSR count). The number of amides is 1. The fourth-order valence-corrected chi connectivity index (χ4v) is 3.48. The molecule has 30 heavy (non-hydrogen) atoms. The van der Waals surface area contributed by atoms with Crippen molar-refractivity contribution in [1.29, 1.82) is 0 Å². The van der Waals surface area contributed by atoms with Gasteiger partial charge in [-0.3, -0.25) is 19.3 Å². The maximum absolute atomic E-state index is 13.0. The Balaban J connectivity index is 2.09. The van der Waals surface area contributed by atoms with Crippen molar-refractivity contribution in [3.63, 3.8) is 0 Å². The fraction of sp³-hybridized carbons (Fsp3) is 0.261. The first-order valence-electron chi connectivity index (χ1n) is 9.50. The van der Waals surface area contributed by atoms with Crippen molar-refractivity contribution in [2.24, 2.45) is 5.92 Å². The Labute approximate surface area is 174 Å². The first-order chi connectivity index (χ1) is 14.2. The lowest BCUT2D eigenvalue weighted by molar-refractivity contribution is -0.136. The molecular weight excluding hydrogens is 386 g/mol. The van der Waals surface area contributed by atoms with Gasteiger partial charge in [-0.05, 0) is 35.4 Å². The number of rotatable bonds is 7. The molecule has 0 aliphatic carbocycles. The normalized spacial score (nSPS) is 16.3. The van der Waals surface area contributed by atoms with Crippen molar-refractivity contribution in [1.82, 2.24) is 0 Å². The Morgan fingerprint density at radius 2 is 1.67 bits per heavy atom. The van der Waals surface area contributed by atoms with Crippen molar-refractivity contribution in [2.45, 2.75) is 26.3 Å². The van der Waals surface area contributed by atoms with E-state index in [0.29, 0.717) is 22.6 Å². The lowest BCUT2D eigenvalue weighted by Gasteiger charge is -2.27. The molecule has 2 aromatic rings. The van der Waals surface area contributed by atoms with Gasteiger partial charge >= 0.3 is 5.97 Å². The number of nitrogens with zero attached hydrogens (tertiary/aromatic N) is 1. The minimum atomic E-state index is -0.958. The largest absolute Gasteiger partial charge is 0.503 e. The Morgan fingerprint density at radius 3 is 2.17 bits per heavy atom. The zero-order chi connectivity index (χ0) is 22.0. The van der Waals surface area contributed by atoms with Crippen LogP contribution < -0.4 is 9.64 Å². The van der Waals surface area contributed by atoms with Crippen molar-refractivity contribution < 1.29 is 29.3 Å². The summed E-state index contributed by atoms with van der Waals surface area (Å²) in [7, 11) is 1.54. The number of aliphatic carboxylic acids is 1. The molecule has 0 saturated carbocycles. The number of carbonyl (C=O) groups excluding carboxylic acids is 2. The van der Waals surface area contributed by atoms with E-state index < -0.39 is 29.6 Å². The zero-order valence-electron chi connectivity index (χ0n) is 17.0. The third kappa shape index (κ3) is 3.91. The Bertz CT molecular complexity index is 1000. The molecule has 0 fully saturated rings. The highest BCUT2D eigenvalue weighted by molar-refractivity contribution is 6.16. The summed E-state index contributed by atoms with van der Waals surface area (Å²) in [5.74, 6) is -2.30. The number of benzene rings is 2. The number of aliphatic hydroxyl groups is 1. The maximum atomic E-state index is 13.0. The minimum absolute atomic E-state index is 0.0507. The van der Waals surface area contributed by atoms with Gasteiger partial charge < -0.3 is 14.9 Å². The van der Waals surface area contributed by atoms with Crippen LogP contribution in [0.2, 0.25) is 0 Å². The monoisotopic (exact) mass is 409 g/mol. The highest BCUT2D eigenvalue weighted by atomic mass is 16.5. The van der Waals surface area contributed by atoms with Crippen LogP contribution in [-0.2, 0) is 20.8 Å². The topological polar surface area (TPSA) is 104 Å². The van der Waals surface area contributed by atoms with E-state index in [1.54, 1.807) is 69.5 Å². The predicted octanol–water partition coefficient (Wildman–Crippen LogP) is 3.45. The molecule has 0 saturated heterocycles. The van der Waals surface area contributed by atoms with E-state index >= 15 is 0 Å². The van der Waals surface area contributed by atoms with Crippen LogP contribution in [0.5, 0.6) is 5.75 Å². The van der Waals surface area contributed by atoms with Gasteiger partial charge in [0.05, 0.1) is 25.1 Å². The van der Waals surface area contributed by atoms with Gasteiger partial charge in [0.25, 0.3) is 5.91 Å². The third-order valence-corrected chi connectivity index (χ3v) is 5.00. The maximum Gasteiger partial charge on any atom is 0.307 e. The molecule has 0 radical (unpaired) electrons. The van der Waals surface area contributed by atoms with Gasteiger partial charge in [0, 0.05) is 11.6 Å². The molecule has 1 amide bonds. The van der Waals surface area contributed by atoms with Crippen LogP contribution in [0.4, 0.5) is 5.69 Å². The van der Waals surface area contributed by atoms with Gasteiger partial charge in [-0.1, -0.05) is 38.1 Å². The van der Waals surface area contributed by atoms with E-state index in [0.717, 1.165) is 0 Å². The van der Waals surface area contributed by atoms with E-state index in [2.05, 4.69) is 0 Å². The Kier molecular flexibility index (Phi) is 5.91. The van der Waals surface area contributed by atoms with Crippen LogP contribution >= 0.6 is 0 Å². The summed E-state index contributed by atoms with van der Waals surface area (Å²) in [5, 5.41) is 19.5. The van der Waals surface area contributed by atoms with Gasteiger partial charge in [0.2, 0.25) is 0 Å². The molecule has 1 aliphatic rings. The van der Waals surface area contributed by atoms with Crippen molar-refractivity contribution >= 4 is 23.3 Å². The van der Waals surface area contributed by atoms with Gasteiger partial charge in [0.1, 0.15) is 5.75 Å². The van der Waals surface area contributed by atoms with Gasteiger partial charge in [-0.25, -0.2) is 0 Å².